The zero-order chi connectivity index (χ0) is 14.8. The number of fused-ring (bicyclic) bond motifs is 1. The molecule has 0 radical (unpaired) electrons. The molecule has 3 atom stereocenters. The zero-order valence-electron chi connectivity index (χ0n) is 12.9. The van der Waals surface area contributed by atoms with E-state index in [2.05, 4.69) is 70.3 Å². The van der Waals surface area contributed by atoms with Crippen molar-refractivity contribution in [3.05, 3.63) is 54.1 Å². The summed E-state index contributed by atoms with van der Waals surface area (Å²) in [7, 11) is 0. The fourth-order valence-electron chi connectivity index (χ4n) is 3.69. The van der Waals surface area contributed by atoms with Crippen LogP contribution in [0.4, 0.5) is 0 Å². The summed E-state index contributed by atoms with van der Waals surface area (Å²) in [6.07, 6.45) is 6.83. The van der Waals surface area contributed by atoms with Crippen LogP contribution < -0.4 is 0 Å². The van der Waals surface area contributed by atoms with Crippen molar-refractivity contribution in [2.75, 3.05) is 5.75 Å². The highest BCUT2D eigenvalue weighted by molar-refractivity contribution is 7.80. The molecule has 0 amide bonds. The number of hydrogen-bond acceptors (Lipinski definition) is 1. The number of benzene rings is 1. The fourth-order valence-corrected chi connectivity index (χ4v) is 4.02. The van der Waals surface area contributed by atoms with E-state index >= 15 is 0 Å². The van der Waals surface area contributed by atoms with E-state index in [1.165, 1.54) is 29.5 Å². The van der Waals surface area contributed by atoms with Crippen LogP contribution in [0.5, 0.6) is 0 Å². The largest absolute Gasteiger partial charge is 0.179 e. The van der Waals surface area contributed by atoms with Gasteiger partial charge in [-0.05, 0) is 40.7 Å². The zero-order valence-corrected chi connectivity index (χ0v) is 13.8. The van der Waals surface area contributed by atoms with E-state index in [-0.39, 0.29) is 5.41 Å². The summed E-state index contributed by atoms with van der Waals surface area (Å²) in [5.74, 6) is 2.29. The topological polar surface area (TPSA) is 0 Å². The number of hydrogen-bond donors (Lipinski definition) is 1. The van der Waals surface area contributed by atoms with E-state index in [0.29, 0.717) is 11.8 Å². The Kier molecular flexibility index (Phi) is 4.80. The molecule has 0 nitrogen and oxygen atoms in total. The number of rotatable bonds is 6. The van der Waals surface area contributed by atoms with Crippen LogP contribution in [0.3, 0.4) is 0 Å². The minimum atomic E-state index is 0.115. The highest BCUT2D eigenvalue weighted by Crippen LogP contribution is 2.48. The molecule has 0 aromatic heterocycles. The highest BCUT2D eigenvalue weighted by atomic mass is 32.1. The summed E-state index contributed by atoms with van der Waals surface area (Å²) in [5, 5.41) is 0. The second-order valence-electron chi connectivity index (χ2n) is 6.10. The quantitative estimate of drug-likeness (QED) is 0.655. The molecule has 1 heteroatoms. The molecule has 0 aliphatic heterocycles. The first kappa shape index (κ1) is 15.4. The van der Waals surface area contributed by atoms with Crippen LogP contribution in [0.25, 0.3) is 5.57 Å². The normalized spacial score (nSPS) is 23.9. The van der Waals surface area contributed by atoms with Crippen molar-refractivity contribution in [2.45, 2.75) is 39.0 Å². The first-order chi connectivity index (χ1) is 9.58. The van der Waals surface area contributed by atoms with E-state index in [1.807, 2.05) is 6.08 Å². The Bertz CT molecular complexity index is 514. The van der Waals surface area contributed by atoms with Gasteiger partial charge in [-0.2, -0.15) is 12.6 Å². The highest BCUT2D eigenvalue weighted by Gasteiger charge is 2.40. The SMILES string of the molecule is C=CC1=CC(C)(C(C)C(CC)CCS)c2ccccc21. The Balaban J connectivity index is 2.44. The van der Waals surface area contributed by atoms with E-state index < -0.39 is 0 Å². The van der Waals surface area contributed by atoms with Gasteiger partial charge in [0.2, 0.25) is 0 Å². The van der Waals surface area contributed by atoms with Gasteiger partial charge in [-0.25, -0.2) is 0 Å². The molecule has 0 spiro atoms. The lowest BCUT2D eigenvalue weighted by Crippen LogP contribution is -2.32. The van der Waals surface area contributed by atoms with Crippen molar-refractivity contribution >= 4 is 18.2 Å². The maximum atomic E-state index is 4.44. The lowest BCUT2D eigenvalue weighted by atomic mass is 9.67. The number of allylic oxidation sites excluding steroid dienone is 3. The van der Waals surface area contributed by atoms with Gasteiger partial charge in [-0.3, -0.25) is 0 Å². The smallest absolute Gasteiger partial charge is 0.0147 e. The molecule has 1 aromatic carbocycles. The fraction of sp³-hybridized carbons (Fsp3) is 0.474. The van der Waals surface area contributed by atoms with Crippen molar-refractivity contribution in [3.8, 4) is 0 Å². The van der Waals surface area contributed by atoms with E-state index in [9.17, 15) is 0 Å². The average molecular weight is 286 g/mol. The van der Waals surface area contributed by atoms with Crippen molar-refractivity contribution in [3.63, 3.8) is 0 Å². The molecule has 1 aromatic rings. The molecular formula is C19H26S. The van der Waals surface area contributed by atoms with E-state index in [0.717, 1.165) is 5.75 Å². The lowest BCUT2D eigenvalue weighted by molar-refractivity contribution is 0.249. The second-order valence-corrected chi connectivity index (χ2v) is 6.55. The summed E-state index contributed by atoms with van der Waals surface area (Å²) in [5.41, 5.74) is 4.22. The molecule has 0 N–H and O–H groups in total. The van der Waals surface area contributed by atoms with Gasteiger partial charge in [0, 0.05) is 5.41 Å². The molecule has 1 aliphatic carbocycles. The molecule has 0 fully saturated rings. The van der Waals surface area contributed by atoms with Gasteiger partial charge in [0.1, 0.15) is 0 Å². The predicted octanol–water partition coefficient (Wildman–Crippen LogP) is 5.51. The maximum Gasteiger partial charge on any atom is 0.0147 e. The van der Waals surface area contributed by atoms with Gasteiger partial charge in [0.05, 0.1) is 0 Å². The monoisotopic (exact) mass is 286 g/mol. The van der Waals surface area contributed by atoms with Crippen molar-refractivity contribution in [1.82, 2.24) is 0 Å². The molecule has 20 heavy (non-hydrogen) atoms. The third kappa shape index (κ3) is 2.48. The Morgan fingerprint density at radius 3 is 2.65 bits per heavy atom. The van der Waals surface area contributed by atoms with Gasteiger partial charge >= 0.3 is 0 Å². The molecule has 108 valence electrons. The van der Waals surface area contributed by atoms with Crippen molar-refractivity contribution < 1.29 is 0 Å². The van der Waals surface area contributed by atoms with Crippen LogP contribution in [-0.2, 0) is 5.41 Å². The van der Waals surface area contributed by atoms with Crippen molar-refractivity contribution in [2.24, 2.45) is 11.8 Å². The Hall–Kier alpha value is -0.950. The van der Waals surface area contributed by atoms with Gasteiger partial charge in [0.15, 0.2) is 0 Å². The Morgan fingerprint density at radius 1 is 1.35 bits per heavy atom. The van der Waals surface area contributed by atoms with E-state index in [1.54, 1.807) is 0 Å². The van der Waals surface area contributed by atoms with Gasteiger partial charge in [-0.15, -0.1) is 0 Å². The molecular weight excluding hydrogens is 260 g/mol. The van der Waals surface area contributed by atoms with Gasteiger partial charge in [0.25, 0.3) is 0 Å². The van der Waals surface area contributed by atoms with Gasteiger partial charge in [-0.1, -0.05) is 70.2 Å². The van der Waals surface area contributed by atoms with Crippen LogP contribution >= 0.6 is 12.6 Å². The third-order valence-corrected chi connectivity index (χ3v) is 5.43. The average Bonchev–Trinajstić information content (AvgIpc) is 2.78. The molecule has 0 saturated carbocycles. The first-order valence-corrected chi connectivity index (χ1v) is 8.27. The molecule has 3 unspecified atom stereocenters. The van der Waals surface area contributed by atoms with E-state index in [4.69, 9.17) is 0 Å². The minimum Gasteiger partial charge on any atom is -0.179 e. The Morgan fingerprint density at radius 2 is 2.05 bits per heavy atom. The third-order valence-electron chi connectivity index (χ3n) is 5.17. The molecule has 2 rings (SSSR count). The Labute approximate surface area is 129 Å². The summed E-state index contributed by atoms with van der Waals surface area (Å²) in [6, 6.07) is 8.79. The number of thiol groups is 1. The maximum absolute atomic E-state index is 4.44. The first-order valence-electron chi connectivity index (χ1n) is 7.64. The summed E-state index contributed by atoms with van der Waals surface area (Å²) in [4.78, 5) is 0. The molecule has 0 saturated heterocycles. The predicted molar refractivity (Wildman–Crippen MR) is 93.4 cm³/mol. The lowest BCUT2D eigenvalue weighted by Gasteiger charge is -2.37. The van der Waals surface area contributed by atoms with Crippen LogP contribution in [0.15, 0.2) is 43.0 Å². The molecule has 0 bridgehead atoms. The van der Waals surface area contributed by atoms with Crippen LogP contribution in [-0.4, -0.2) is 5.75 Å². The standard InChI is InChI=1S/C19H26S/c1-5-15(11-12-20)14(3)19(4)13-16(6-2)17-9-7-8-10-18(17)19/h6-10,13-15,20H,2,5,11-12H2,1,3-4H3. The van der Waals surface area contributed by atoms with Crippen molar-refractivity contribution in [1.29, 1.82) is 0 Å². The second kappa shape index (κ2) is 6.22. The van der Waals surface area contributed by atoms with Crippen LogP contribution in [0.1, 0.15) is 44.7 Å². The summed E-state index contributed by atoms with van der Waals surface area (Å²) in [6.45, 7) is 11.1. The molecule has 1 aliphatic rings. The molecule has 0 heterocycles. The van der Waals surface area contributed by atoms with Crippen LogP contribution in [0.2, 0.25) is 0 Å². The summed E-state index contributed by atoms with van der Waals surface area (Å²) < 4.78 is 0. The summed E-state index contributed by atoms with van der Waals surface area (Å²) >= 11 is 4.44. The van der Waals surface area contributed by atoms with Crippen LogP contribution in [0, 0.1) is 11.8 Å². The minimum absolute atomic E-state index is 0.115. The van der Waals surface area contributed by atoms with Gasteiger partial charge < -0.3 is 0 Å².